The van der Waals surface area contributed by atoms with Crippen molar-refractivity contribution in [1.29, 1.82) is 0 Å². The number of alkyl halides is 1. The molecule has 0 aromatic heterocycles. The lowest BCUT2D eigenvalue weighted by molar-refractivity contribution is -0.142. The van der Waals surface area contributed by atoms with Crippen LogP contribution in [-0.4, -0.2) is 18.5 Å². The van der Waals surface area contributed by atoms with Gasteiger partial charge in [0.1, 0.15) is 0 Å². The monoisotopic (exact) mass is 254 g/mol. The van der Waals surface area contributed by atoms with Crippen molar-refractivity contribution in [2.75, 3.05) is 12.5 Å². The number of carbonyl (C=O) groups excluding carboxylic acids is 1. The third kappa shape index (κ3) is 4.78. The highest BCUT2D eigenvalue weighted by atomic mass is 35.5. The van der Waals surface area contributed by atoms with Crippen LogP contribution in [0.25, 0.3) is 0 Å². The molecule has 0 saturated carbocycles. The molecule has 0 bridgehead atoms. The molecule has 0 saturated heterocycles. The summed E-state index contributed by atoms with van der Waals surface area (Å²) in [4.78, 5) is 11.5. The molecule has 0 radical (unpaired) electrons. The van der Waals surface area contributed by atoms with Crippen molar-refractivity contribution < 1.29 is 9.53 Å². The molecule has 0 N–H and O–H groups in total. The predicted molar refractivity (Wildman–Crippen MR) is 70.6 cm³/mol. The SMILES string of the molecule is CCOC(=O)Cc1cc(C)ccc1CCCCl. The van der Waals surface area contributed by atoms with Crippen molar-refractivity contribution in [3.05, 3.63) is 34.9 Å². The van der Waals surface area contributed by atoms with Crippen LogP contribution in [0, 0.1) is 6.92 Å². The maximum Gasteiger partial charge on any atom is 0.310 e. The van der Waals surface area contributed by atoms with Crippen molar-refractivity contribution in [2.24, 2.45) is 0 Å². The van der Waals surface area contributed by atoms with E-state index in [0.717, 1.165) is 18.4 Å². The van der Waals surface area contributed by atoms with Gasteiger partial charge in [-0.3, -0.25) is 4.79 Å². The Labute approximate surface area is 108 Å². The van der Waals surface area contributed by atoms with E-state index in [9.17, 15) is 4.79 Å². The number of hydrogen-bond acceptors (Lipinski definition) is 2. The number of halogens is 1. The summed E-state index contributed by atoms with van der Waals surface area (Å²) >= 11 is 5.70. The molecule has 1 aromatic carbocycles. The average Bonchev–Trinajstić information content (AvgIpc) is 2.28. The number of benzene rings is 1. The van der Waals surface area contributed by atoms with Crippen LogP contribution in [0.15, 0.2) is 18.2 Å². The van der Waals surface area contributed by atoms with Crippen LogP contribution in [0.3, 0.4) is 0 Å². The van der Waals surface area contributed by atoms with Crippen LogP contribution < -0.4 is 0 Å². The highest BCUT2D eigenvalue weighted by Gasteiger charge is 2.09. The van der Waals surface area contributed by atoms with Gasteiger partial charge in [0.15, 0.2) is 0 Å². The Hall–Kier alpha value is -1.02. The summed E-state index contributed by atoms with van der Waals surface area (Å²) in [5, 5.41) is 0. The lowest BCUT2D eigenvalue weighted by atomic mass is 9.98. The van der Waals surface area contributed by atoms with Crippen LogP contribution in [0.1, 0.15) is 30.0 Å². The van der Waals surface area contributed by atoms with Crippen LogP contribution in [-0.2, 0) is 22.4 Å². The topological polar surface area (TPSA) is 26.3 Å². The Morgan fingerprint density at radius 3 is 2.76 bits per heavy atom. The van der Waals surface area contributed by atoms with E-state index in [2.05, 4.69) is 18.2 Å². The fourth-order valence-electron chi connectivity index (χ4n) is 1.79. The predicted octanol–water partition coefficient (Wildman–Crippen LogP) is 3.27. The van der Waals surface area contributed by atoms with Gasteiger partial charge in [0, 0.05) is 5.88 Å². The lowest BCUT2D eigenvalue weighted by Gasteiger charge is -2.09. The quantitative estimate of drug-likeness (QED) is 0.575. The van der Waals surface area contributed by atoms with Crippen LogP contribution in [0.5, 0.6) is 0 Å². The Bertz CT molecular complexity index is 374. The van der Waals surface area contributed by atoms with Gasteiger partial charge in [0.25, 0.3) is 0 Å². The second-order valence-corrected chi connectivity index (χ2v) is 4.42. The van der Waals surface area contributed by atoms with E-state index in [0.29, 0.717) is 18.9 Å². The van der Waals surface area contributed by atoms with Crippen LogP contribution in [0.2, 0.25) is 0 Å². The van der Waals surface area contributed by atoms with Gasteiger partial charge in [-0.15, -0.1) is 11.6 Å². The Morgan fingerprint density at radius 2 is 2.12 bits per heavy atom. The standard InChI is InChI=1S/C14H19ClO2/c1-3-17-14(16)10-13-9-11(2)6-7-12(13)5-4-8-15/h6-7,9H,3-5,8,10H2,1-2H3. The minimum absolute atomic E-state index is 0.162. The molecule has 3 heteroatoms. The molecule has 0 spiro atoms. The summed E-state index contributed by atoms with van der Waals surface area (Å²) in [5.41, 5.74) is 3.43. The van der Waals surface area contributed by atoms with E-state index in [-0.39, 0.29) is 5.97 Å². The molecule has 1 rings (SSSR count). The Balaban J connectivity index is 2.79. The zero-order chi connectivity index (χ0) is 12.7. The van der Waals surface area contributed by atoms with E-state index >= 15 is 0 Å². The van der Waals surface area contributed by atoms with Crippen molar-refractivity contribution in [1.82, 2.24) is 0 Å². The number of aryl methyl sites for hydroxylation is 2. The molecule has 0 atom stereocenters. The summed E-state index contributed by atoms with van der Waals surface area (Å²) in [6, 6.07) is 6.20. The van der Waals surface area contributed by atoms with E-state index in [4.69, 9.17) is 16.3 Å². The largest absolute Gasteiger partial charge is 0.466 e. The van der Waals surface area contributed by atoms with E-state index in [1.54, 1.807) is 0 Å². The summed E-state index contributed by atoms with van der Waals surface area (Å²) in [5.74, 6) is 0.484. The minimum Gasteiger partial charge on any atom is -0.466 e. The summed E-state index contributed by atoms with van der Waals surface area (Å²) in [6.45, 7) is 4.28. The zero-order valence-electron chi connectivity index (χ0n) is 10.5. The van der Waals surface area contributed by atoms with Gasteiger partial charge in [-0.05, 0) is 37.8 Å². The zero-order valence-corrected chi connectivity index (χ0v) is 11.2. The summed E-state index contributed by atoms with van der Waals surface area (Å²) in [7, 11) is 0. The number of rotatable bonds is 6. The third-order valence-corrected chi connectivity index (χ3v) is 2.85. The third-order valence-electron chi connectivity index (χ3n) is 2.58. The molecular weight excluding hydrogens is 236 g/mol. The van der Waals surface area contributed by atoms with Crippen LogP contribution >= 0.6 is 11.6 Å². The first kappa shape index (κ1) is 14.0. The Kier molecular flexibility index (Phi) is 6.06. The second-order valence-electron chi connectivity index (χ2n) is 4.05. The number of esters is 1. The first-order chi connectivity index (χ1) is 8.17. The van der Waals surface area contributed by atoms with Gasteiger partial charge in [-0.25, -0.2) is 0 Å². The molecular formula is C14H19ClO2. The first-order valence-corrected chi connectivity index (χ1v) is 6.50. The molecule has 2 nitrogen and oxygen atoms in total. The fourth-order valence-corrected chi connectivity index (χ4v) is 1.92. The van der Waals surface area contributed by atoms with Crippen molar-refractivity contribution in [2.45, 2.75) is 33.1 Å². The molecule has 1 aromatic rings. The smallest absolute Gasteiger partial charge is 0.310 e. The summed E-state index contributed by atoms with van der Waals surface area (Å²) in [6.07, 6.45) is 2.20. The molecule has 0 aliphatic rings. The molecule has 94 valence electrons. The molecule has 0 amide bonds. The minimum atomic E-state index is -0.162. The van der Waals surface area contributed by atoms with Gasteiger partial charge in [0.05, 0.1) is 13.0 Å². The molecule has 0 aliphatic carbocycles. The normalized spacial score (nSPS) is 10.3. The van der Waals surface area contributed by atoms with E-state index in [1.807, 2.05) is 13.8 Å². The van der Waals surface area contributed by atoms with Gasteiger partial charge >= 0.3 is 5.97 Å². The van der Waals surface area contributed by atoms with Crippen molar-refractivity contribution in [3.8, 4) is 0 Å². The number of ether oxygens (including phenoxy) is 1. The highest BCUT2D eigenvalue weighted by Crippen LogP contribution is 2.15. The number of hydrogen-bond donors (Lipinski definition) is 0. The van der Waals surface area contributed by atoms with Crippen molar-refractivity contribution in [3.63, 3.8) is 0 Å². The van der Waals surface area contributed by atoms with Gasteiger partial charge < -0.3 is 4.74 Å². The fraction of sp³-hybridized carbons (Fsp3) is 0.500. The molecule has 17 heavy (non-hydrogen) atoms. The Morgan fingerprint density at radius 1 is 1.35 bits per heavy atom. The average molecular weight is 255 g/mol. The van der Waals surface area contributed by atoms with Gasteiger partial charge in [-0.2, -0.15) is 0 Å². The van der Waals surface area contributed by atoms with Gasteiger partial charge in [0.2, 0.25) is 0 Å². The molecule has 0 aliphatic heterocycles. The van der Waals surface area contributed by atoms with E-state index in [1.165, 1.54) is 11.1 Å². The van der Waals surface area contributed by atoms with Gasteiger partial charge in [-0.1, -0.05) is 23.8 Å². The first-order valence-electron chi connectivity index (χ1n) is 5.97. The molecule has 0 unspecified atom stereocenters. The maximum absolute atomic E-state index is 11.5. The molecule has 0 fully saturated rings. The maximum atomic E-state index is 11.5. The van der Waals surface area contributed by atoms with Crippen LogP contribution in [0.4, 0.5) is 0 Å². The van der Waals surface area contributed by atoms with Crippen molar-refractivity contribution >= 4 is 17.6 Å². The highest BCUT2D eigenvalue weighted by molar-refractivity contribution is 6.17. The van der Waals surface area contributed by atoms with E-state index < -0.39 is 0 Å². The summed E-state index contributed by atoms with van der Waals surface area (Å²) < 4.78 is 4.98. The lowest BCUT2D eigenvalue weighted by Crippen LogP contribution is -2.09. The number of carbonyl (C=O) groups is 1. The molecule has 0 heterocycles. The second kappa shape index (κ2) is 7.33.